The molecule has 0 atom stereocenters. The van der Waals surface area contributed by atoms with E-state index in [-0.39, 0.29) is 5.91 Å². The summed E-state index contributed by atoms with van der Waals surface area (Å²) in [7, 11) is 3.32. The van der Waals surface area contributed by atoms with Gasteiger partial charge in [0.2, 0.25) is 0 Å². The van der Waals surface area contributed by atoms with Crippen molar-refractivity contribution in [1.82, 2.24) is 4.98 Å². The van der Waals surface area contributed by atoms with Crippen LogP contribution in [0.5, 0.6) is 5.75 Å². The zero-order chi connectivity index (χ0) is 15.4. The topological polar surface area (TPSA) is 80.5 Å². The molecule has 2 rings (SSSR count). The number of aryl methyl sites for hydroxylation is 1. The summed E-state index contributed by atoms with van der Waals surface area (Å²) in [5, 5.41) is 0. The Morgan fingerprint density at radius 2 is 1.95 bits per heavy atom. The third-order valence-corrected chi connectivity index (χ3v) is 3.11. The Kier molecular flexibility index (Phi) is 4.39. The van der Waals surface area contributed by atoms with Gasteiger partial charge in [-0.3, -0.25) is 4.79 Å². The van der Waals surface area contributed by atoms with Crippen LogP contribution in [-0.4, -0.2) is 25.0 Å². The number of nitrogens with zero attached hydrogens (tertiary/aromatic N) is 2. The molecule has 0 saturated heterocycles. The third kappa shape index (κ3) is 3.29. The van der Waals surface area contributed by atoms with E-state index in [9.17, 15) is 4.79 Å². The van der Waals surface area contributed by atoms with Crippen LogP contribution in [0.1, 0.15) is 16.1 Å². The molecule has 3 N–H and O–H groups in total. The number of amides is 1. The van der Waals surface area contributed by atoms with Crippen molar-refractivity contribution in [1.29, 1.82) is 0 Å². The first-order valence-electron chi connectivity index (χ1n) is 6.42. The molecule has 1 aromatic heterocycles. The summed E-state index contributed by atoms with van der Waals surface area (Å²) in [6.45, 7) is 1.81. The number of ether oxygens (including phenoxy) is 1. The summed E-state index contributed by atoms with van der Waals surface area (Å²) < 4.78 is 5.11. The number of hydrogen-bond donors (Lipinski definition) is 2. The minimum atomic E-state index is -0.137. The Balaban J connectivity index is 2.27. The number of carbonyl (C=O) groups excluding carboxylic acids is 1. The number of pyridine rings is 1. The molecule has 2 aromatic rings. The van der Waals surface area contributed by atoms with E-state index in [1.165, 1.54) is 0 Å². The lowest BCUT2D eigenvalue weighted by atomic mass is 10.2. The van der Waals surface area contributed by atoms with Crippen molar-refractivity contribution in [3.63, 3.8) is 0 Å². The van der Waals surface area contributed by atoms with Crippen molar-refractivity contribution in [2.45, 2.75) is 6.92 Å². The maximum atomic E-state index is 12.5. The fourth-order valence-electron chi connectivity index (χ4n) is 1.98. The smallest absolute Gasteiger partial charge is 0.258 e. The lowest BCUT2D eigenvalue weighted by molar-refractivity contribution is 0.0993. The quantitative estimate of drug-likeness (QED) is 0.663. The summed E-state index contributed by atoms with van der Waals surface area (Å²) in [6.07, 6.45) is 0. The summed E-state index contributed by atoms with van der Waals surface area (Å²) in [5.74, 6) is 6.42. The van der Waals surface area contributed by atoms with Crippen LogP contribution in [-0.2, 0) is 0 Å². The Bertz CT molecular complexity index is 641. The number of benzene rings is 1. The minimum absolute atomic E-state index is 0.137. The summed E-state index contributed by atoms with van der Waals surface area (Å²) >= 11 is 0. The molecular formula is C15H18N4O2. The maximum Gasteiger partial charge on any atom is 0.258 e. The first-order valence-corrected chi connectivity index (χ1v) is 6.42. The number of methoxy groups -OCH3 is 1. The second kappa shape index (κ2) is 6.23. The summed E-state index contributed by atoms with van der Waals surface area (Å²) in [6, 6.07) is 10.6. The van der Waals surface area contributed by atoms with E-state index < -0.39 is 0 Å². The number of nitrogen functional groups attached to an aromatic ring is 1. The number of nitrogens with two attached hydrogens (primary N) is 1. The molecular weight excluding hydrogens is 268 g/mol. The second-order valence-electron chi connectivity index (χ2n) is 4.59. The predicted molar refractivity (Wildman–Crippen MR) is 82.5 cm³/mol. The molecule has 0 bridgehead atoms. The number of aromatic nitrogens is 1. The van der Waals surface area contributed by atoms with E-state index in [1.54, 1.807) is 31.2 Å². The van der Waals surface area contributed by atoms with Gasteiger partial charge in [0.1, 0.15) is 11.6 Å². The van der Waals surface area contributed by atoms with Crippen LogP contribution in [0.25, 0.3) is 0 Å². The highest BCUT2D eigenvalue weighted by Crippen LogP contribution is 2.20. The Labute approximate surface area is 123 Å². The lowest BCUT2D eigenvalue weighted by Gasteiger charge is -2.18. The number of hydrazine groups is 1. The first kappa shape index (κ1) is 14.8. The van der Waals surface area contributed by atoms with Crippen LogP contribution in [0.15, 0.2) is 36.4 Å². The van der Waals surface area contributed by atoms with Gasteiger partial charge in [-0.05, 0) is 43.3 Å². The number of carbonyl (C=O) groups is 1. The van der Waals surface area contributed by atoms with Gasteiger partial charge in [-0.2, -0.15) is 0 Å². The van der Waals surface area contributed by atoms with Gasteiger partial charge < -0.3 is 15.1 Å². The fourth-order valence-corrected chi connectivity index (χ4v) is 1.98. The molecule has 1 heterocycles. The monoisotopic (exact) mass is 286 g/mol. The van der Waals surface area contributed by atoms with Crippen molar-refractivity contribution < 1.29 is 9.53 Å². The molecule has 6 nitrogen and oxygen atoms in total. The molecule has 110 valence electrons. The second-order valence-corrected chi connectivity index (χ2v) is 4.59. The number of nitrogens with one attached hydrogen (secondary N) is 1. The van der Waals surface area contributed by atoms with Crippen molar-refractivity contribution in [2.75, 3.05) is 24.5 Å². The predicted octanol–water partition coefficient (Wildman–Crippen LogP) is 1.96. The van der Waals surface area contributed by atoms with E-state index in [2.05, 4.69) is 10.4 Å². The lowest BCUT2D eigenvalue weighted by Crippen LogP contribution is -2.26. The zero-order valence-corrected chi connectivity index (χ0v) is 12.3. The van der Waals surface area contributed by atoms with E-state index in [0.717, 1.165) is 17.1 Å². The van der Waals surface area contributed by atoms with Crippen LogP contribution in [0.4, 0.5) is 11.5 Å². The van der Waals surface area contributed by atoms with Crippen molar-refractivity contribution in [2.24, 2.45) is 5.84 Å². The molecule has 0 aliphatic heterocycles. The fraction of sp³-hybridized carbons (Fsp3) is 0.200. The summed E-state index contributed by atoms with van der Waals surface area (Å²) in [5.41, 5.74) is 4.48. The number of hydrogen-bond acceptors (Lipinski definition) is 5. The average Bonchev–Trinajstić information content (AvgIpc) is 2.52. The summed E-state index contributed by atoms with van der Waals surface area (Å²) in [4.78, 5) is 18.2. The van der Waals surface area contributed by atoms with Gasteiger partial charge in [0.15, 0.2) is 0 Å². The normalized spacial score (nSPS) is 10.1. The Morgan fingerprint density at radius 3 is 2.52 bits per heavy atom. The van der Waals surface area contributed by atoms with Gasteiger partial charge in [0, 0.05) is 24.0 Å². The third-order valence-electron chi connectivity index (χ3n) is 3.11. The van der Waals surface area contributed by atoms with Crippen LogP contribution in [0.2, 0.25) is 0 Å². The standard InChI is InChI=1S/C15H18N4O2/c1-10-8-11(9-14(17-10)18-16)15(20)19(2)12-4-6-13(21-3)7-5-12/h4-9H,16H2,1-3H3,(H,17,18). The van der Waals surface area contributed by atoms with Crippen molar-refractivity contribution in [3.05, 3.63) is 47.7 Å². The van der Waals surface area contributed by atoms with Crippen molar-refractivity contribution in [3.8, 4) is 5.75 Å². The molecule has 0 radical (unpaired) electrons. The molecule has 0 spiro atoms. The molecule has 6 heteroatoms. The first-order chi connectivity index (χ1) is 10.0. The molecule has 21 heavy (non-hydrogen) atoms. The van der Waals surface area contributed by atoms with E-state index in [0.29, 0.717) is 11.4 Å². The van der Waals surface area contributed by atoms with Crippen LogP contribution >= 0.6 is 0 Å². The van der Waals surface area contributed by atoms with Crippen molar-refractivity contribution >= 4 is 17.4 Å². The molecule has 0 saturated carbocycles. The molecule has 0 aliphatic carbocycles. The highest BCUT2D eigenvalue weighted by Gasteiger charge is 2.15. The van der Waals surface area contributed by atoms with Crippen LogP contribution < -0.4 is 20.9 Å². The van der Waals surface area contributed by atoms with Gasteiger partial charge in [0.05, 0.1) is 7.11 Å². The number of anilines is 2. The Morgan fingerprint density at radius 1 is 1.29 bits per heavy atom. The highest BCUT2D eigenvalue weighted by atomic mass is 16.5. The molecule has 0 unspecified atom stereocenters. The molecule has 0 aliphatic rings. The van der Waals surface area contributed by atoms with Crippen LogP contribution in [0.3, 0.4) is 0 Å². The average molecular weight is 286 g/mol. The Hall–Kier alpha value is -2.60. The van der Waals surface area contributed by atoms with Gasteiger partial charge >= 0.3 is 0 Å². The molecule has 1 amide bonds. The van der Waals surface area contributed by atoms with Gasteiger partial charge in [-0.25, -0.2) is 10.8 Å². The van der Waals surface area contributed by atoms with Crippen LogP contribution in [0, 0.1) is 6.92 Å². The molecule has 1 aromatic carbocycles. The van der Waals surface area contributed by atoms with Gasteiger partial charge in [-0.15, -0.1) is 0 Å². The van der Waals surface area contributed by atoms with Gasteiger partial charge in [0.25, 0.3) is 5.91 Å². The largest absolute Gasteiger partial charge is 0.497 e. The van der Waals surface area contributed by atoms with E-state index in [1.807, 2.05) is 31.2 Å². The van der Waals surface area contributed by atoms with E-state index >= 15 is 0 Å². The van der Waals surface area contributed by atoms with E-state index in [4.69, 9.17) is 10.6 Å². The highest BCUT2D eigenvalue weighted by molar-refractivity contribution is 6.06. The SMILES string of the molecule is COc1ccc(N(C)C(=O)c2cc(C)nc(NN)c2)cc1. The maximum absolute atomic E-state index is 12.5. The van der Waals surface area contributed by atoms with Gasteiger partial charge in [-0.1, -0.05) is 0 Å². The zero-order valence-electron chi connectivity index (χ0n) is 12.3. The molecule has 0 fully saturated rings. The number of rotatable bonds is 4. The minimum Gasteiger partial charge on any atom is -0.497 e.